The normalized spacial score (nSPS) is 15.7. The van der Waals surface area contributed by atoms with Gasteiger partial charge in [-0.15, -0.1) is 6.58 Å². The fraction of sp³-hybridized carbons (Fsp3) is 0.750. The van der Waals surface area contributed by atoms with Gasteiger partial charge in [-0.3, -0.25) is 0 Å². The largest absolute Gasteiger partial charge is 0.229 e. The molecule has 3 nitrogen and oxygen atoms in total. The van der Waals surface area contributed by atoms with Gasteiger partial charge in [-0.05, 0) is 11.3 Å². The van der Waals surface area contributed by atoms with Gasteiger partial charge in [0.15, 0.2) is 0 Å². The second kappa shape index (κ2) is 3.58. The van der Waals surface area contributed by atoms with Crippen LogP contribution in [-0.4, -0.2) is 14.2 Å². The summed E-state index contributed by atoms with van der Waals surface area (Å²) in [6.45, 7) is 9.28. The molecule has 0 amide bonds. The lowest BCUT2D eigenvalue weighted by molar-refractivity contribution is 0.317. The van der Waals surface area contributed by atoms with Gasteiger partial charge < -0.3 is 0 Å². The summed E-state index contributed by atoms with van der Waals surface area (Å²) < 4.78 is 21.6. The molecule has 0 heterocycles. The molecule has 0 spiro atoms. The maximum Gasteiger partial charge on any atom is 0.209 e. The Morgan fingerprint density at radius 3 is 2.25 bits per heavy atom. The molecule has 0 radical (unpaired) electrons. The molecule has 0 rings (SSSR count). The zero-order valence-electron chi connectivity index (χ0n) is 7.87. The van der Waals surface area contributed by atoms with E-state index in [9.17, 15) is 8.42 Å². The predicted octanol–water partition coefficient (Wildman–Crippen LogP) is 1.12. The van der Waals surface area contributed by atoms with Crippen molar-refractivity contribution in [1.29, 1.82) is 0 Å². The molecular formula is C8H17NO2S. The first kappa shape index (κ1) is 11.6. The quantitative estimate of drug-likeness (QED) is 0.677. The molecular weight excluding hydrogens is 174 g/mol. The van der Waals surface area contributed by atoms with Gasteiger partial charge >= 0.3 is 0 Å². The van der Waals surface area contributed by atoms with Gasteiger partial charge in [0.2, 0.25) is 10.0 Å². The van der Waals surface area contributed by atoms with E-state index in [-0.39, 0.29) is 17.1 Å². The zero-order chi connectivity index (χ0) is 9.99. The summed E-state index contributed by atoms with van der Waals surface area (Å²) in [4.78, 5) is 0. The summed E-state index contributed by atoms with van der Waals surface area (Å²) in [7, 11) is -3.38. The number of hydrogen-bond donors (Lipinski definition) is 1. The van der Waals surface area contributed by atoms with Crippen LogP contribution in [0.15, 0.2) is 12.7 Å². The molecule has 0 saturated carbocycles. The number of hydrogen-bond acceptors (Lipinski definition) is 2. The van der Waals surface area contributed by atoms with Crippen molar-refractivity contribution in [2.45, 2.75) is 20.8 Å². The average molecular weight is 191 g/mol. The summed E-state index contributed by atoms with van der Waals surface area (Å²) >= 11 is 0. The van der Waals surface area contributed by atoms with Crippen LogP contribution in [-0.2, 0) is 10.0 Å². The van der Waals surface area contributed by atoms with Crippen molar-refractivity contribution in [2.24, 2.45) is 16.5 Å². The Kier molecular flexibility index (Phi) is 3.47. The van der Waals surface area contributed by atoms with Crippen LogP contribution in [0.5, 0.6) is 0 Å². The van der Waals surface area contributed by atoms with E-state index in [1.807, 2.05) is 20.8 Å². The number of primary sulfonamides is 1. The first-order valence-electron chi connectivity index (χ1n) is 3.82. The lowest BCUT2D eigenvalue weighted by atomic mass is 9.82. The Bertz CT molecular complexity index is 254. The molecule has 0 aromatic heterocycles. The van der Waals surface area contributed by atoms with Crippen LogP contribution in [0, 0.1) is 11.3 Å². The third-order valence-electron chi connectivity index (χ3n) is 2.16. The average Bonchev–Trinajstić information content (AvgIpc) is 1.80. The van der Waals surface area contributed by atoms with Crippen molar-refractivity contribution in [3.05, 3.63) is 12.7 Å². The molecule has 2 N–H and O–H groups in total. The third kappa shape index (κ3) is 3.88. The van der Waals surface area contributed by atoms with Crippen molar-refractivity contribution < 1.29 is 8.42 Å². The molecule has 1 atom stereocenters. The fourth-order valence-electron chi connectivity index (χ4n) is 0.969. The summed E-state index contributed by atoms with van der Waals surface area (Å²) in [6, 6.07) is 0. The number of allylic oxidation sites excluding steroid dienone is 1. The van der Waals surface area contributed by atoms with E-state index < -0.39 is 10.0 Å². The minimum absolute atomic E-state index is 0.00676. The van der Waals surface area contributed by atoms with E-state index in [1.54, 1.807) is 6.08 Å². The summed E-state index contributed by atoms with van der Waals surface area (Å²) in [5.41, 5.74) is -0.338. The SMILES string of the molecule is C=C[C@@H](C)C(C)(C)CS(N)(=O)=O. The molecule has 0 bridgehead atoms. The molecule has 0 aromatic rings. The van der Waals surface area contributed by atoms with Crippen molar-refractivity contribution in [3.8, 4) is 0 Å². The van der Waals surface area contributed by atoms with Crippen molar-refractivity contribution in [1.82, 2.24) is 0 Å². The van der Waals surface area contributed by atoms with Gasteiger partial charge in [0.1, 0.15) is 0 Å². The smallest absolute Gasteiger partial charge is 0.209 e. The molecule has 0 aliphatic heterocycles. The molecule has 72 valence electrons. The highest BCUT2D eigenvalue weighted by Gasteiger charge is 2.28. The Morgan fingerprint density at radius 2 is 2.00 bits per heavy atom. The highest BCUT2D eigenvalue weighted by atomic mass is 32.2. The van der Waals surface area contributed by atoms with Gasteiger partial charge in [-0.2, -0.15) is 0 Å². The number of rotatable bonds is 4. The standard InChI is InChI=1S/C8H17NO2S/c1-5-7(2)8(3,4)6-12(9,10)11/h5,7H,1,6H2,2-4H3,(H2,9,10,11)/t7-/m1/s1. The maximum atomic E-state index is 10.8. The van der Waals surface area contributed by atoms with Gasteiger partial charge in [0.05, 0.1) is 5.75 Å². The van der Waals surface area contributed by atoms with Crippen LogP contribution in [0.25, 0.3) is 0 Å². The van der Waals surface area contributed by atoms with E-state index in [2.05, 4.69) is 6.58 Å². The van der Waals surface area contributed by atoms with E-state index in [0.717, 1.165) is 0 Å². The highest BCUT2D eigenvalue weighted by molar-refractivity contribution is 7.89. The van der Waals surface area contributed by atoms with Crippen LogP contribution in [0.4, 0.5) is 0 Å². The molecule has 0 unspecified atom stereocenters. The summed E-state index contributed by atoms with van der Waals surface area (Å²) in [6.07, 6.45) is 1.74. The molecule has 0 saturated heterocycles. The van der Waals surface area contributed by atoms with Crippen LogP contribution < -0.4 is 5.14 Å². The Balaban J connectivity index is 4.53. The van der Waals surface area contributed by atoms with E-state index in [4.69, 9.17) is 5.14 Å². The monoisotopic (exact) mass is 191 g/mol. The minimum Gasteiger partial charge on any atom is -0.229 e. The van der Waals surface area contributed by atoms with Crippen LogP contribution >= 0.6 is 0 Å². The van der Waals surface area contributed by atoms with Crippen molar-refractivity contribution >= 4 is 10.0 Å². The van der Waals surface area contributed by atoms with E-state index >= 15 is 0 Å². The highest BCUT2D eigenvalue weighted by Crippen LogP contribution is 2.28. The fourth-order valence-corrected chi connectivity index (χ4v) is 2.27. The van der Waals surface area contributed by atoms with E-state index in [1.165, 1.54) is 0 Å². The van der Waals surface area contributed by atoms with Gasteiger partial charge in [-0.25, -0.2) is 13.6 Å². The maximum absolute atomic E-state index is 10.8. The number of sulfonamides is 1. The molecule has 0 aliphatic rings. The first-order chi connectivity index (χ1) is 5.19. The summed E-state index contributed by atoms with van der Waals surface area (Å²) in [5.74, 6) is 0.128. The number of nitrogens with two attached hydrogens (primary N) is 1. The first-order valence-corrected chi connectivity index (χ1v) is 5.53. The zero-order valence-corrected chi connectivity index (χ0v) is 8.69. The van der Waals surface area contributed by atoms with Crippen LogP contribution in [0.2, 0.25) is 0 Å². The lowest BCUT2D eigenvalue weighted by Crippen LogP contribution is -2.33. The molecule has 4 heteroatoms. The van der Waals surface area contributed by atoms with Crippen molar-refractivity contribution in [2.75, 3.05) is 5.75 Å². The van der Waals surface area contributed by atoms with Gasteiger partial charge in [0, 0.05) is 0 Å². The van der Waals surface area contributed by atoms with Crippen molar-refractivity contribution in [3.63, 3.8) is 0 Å². The molecule has 0 fully saturated rings. The second-order valence-electron chi connectivity index (χ2n) is 3.82. The van der Waals surface area contributed by atoms with Crippen LogP contribution in [0.3, 0.4) is 0 Å². The molecule has 0 aromatic carbocycles. The minimum atomic E-state index is -3.38. The lowest BCUT2D eigenvalue weighted by Gasteiger charge is -2.28. The van der Waals surface area contributed by atoms with Gasteiger partial charge in [0.25, 0.3) is 0 Å². The summed E-state index contributed by atoms with van der Waals surface area (Å²) in [5, 5.41) is 4.95. The molecule has 0 aliphatic carbocycles. The Morgan fingerprint density at radius 1 is 1.58 bits per heavy atom. The second-order valence-corrected chi connectivity index (χ2v) is 5.43. The Hall–Kier alpha value is -0.350. The van der Waals surface area contributed by atoms with E-state index in [0.29, 0.717) is 0 Å². The topological polar surface area (TPSA) is 60.2 Å². The third-order valence-corrected chi connectivity index (χ3v) is 3.31. The molecule has 12 heavy (non-hydrogen) atoms. The van der Waals surface area contributed by atoms with Gasteiger partial charge in [-0.1, -0.05) is 26.8 Å². The van der Waals surface area contributed by atoms with Crippen LogP contribution in [0.1, 0.15) is 20.8 Å². The Labute approximate surface area is 74.7 Å². The predicted molar refractivity (Wildman–Crippen MR) is 51.1 cm³/mol.